The van der Waals surface area contributed by atoms with Gasteiger partial charge in [-0.2, -0.15) is 0 Å². The van der Waals surface area contributed by atoms with Gasteiger partial charge in [0.15, 0.2) is 0 Å². The maximum absolute atomic E-state index is 13.1. The molecule has 4 heterocycles. The molecular formula is C17H18N4OS. The number of rotatable bonds is 2. The molecule has 1 aliphatic heterocycles. The van der Waals surface area contributed by atoms with Gasteiger partial charge >= 0.3 is 0 Å². The predicted molar refractivity (Wildman–Crippen MR) is 92.3 cm³/mol. The van der Waals surface area contributed by atoms with E-state index in [-0.39, 0.29) is 5.91 Å². The van der Waals surface area contributed by atoms with Gasteiger partial charge in [-0.1, -0.05) is 0 Å². The Kier molecular flexibility index (Phi) is 3.63. The molecule has 0 atom stereocenters. The summed E-state index contributed by atoms with van der Waals surface area (Å²) in [4.78, 5) is 23.4. The van der Waals surface area contributed by atoms with Crippen LogP contribution in [-0.2, 0) is 0 Å². The van der Waals surface area contributed by atoms with Crippen molar-refractivity contribution in [2.75, 3.05) is 33.2 Å². The van der Waals surface area contributed by atoms with Crippen LogP contribution in [0.5, 0.6) is 0 Å². The Bertz CT molecular complexity index is 832. The first-order valence-electron chi connectivity index (χ1n) is 7.73. The monoisotopic (exact) mass is 326 g/mol. The molecule has 3 aromatic rings. The second-order valence-corrected chi connectivity index (χ2v) is 6.82. The number of nitrogens with zero attached hydrogens (tertiary/aromatic N) is 4. The van der Waals surface area contributed by atoms with Crippen LogP contribution in [0.4, 0.5) is 0 Å². The van der Waals surface area contributed by atoms with E-state index in [1.807, 2.05) is 46.1 Å². The van der Waals surface area contributed by atoms with E-state index in [0.29, 0.717) is 0 Å². The van der Waals surface area contributed by atoms with Crippen molar-refractivity contribution in [1.29, 1.82) is 0 Å². The third-order valence-electron chi connectivity index (χ3n) is 4.29. The number of carbonyl (C=O) groups is 1. The molecule has 0 spiro atoms. The lowest BCUT2D eigenvalue weighted by Crippen LogP contribution is -2.47. The Morgan fingerprint density at radius 1 is 1.13 bits per heavy atom. The molecule has 118 valence electrons. The summed E-state index contributed by atoms with van der Waals surface area (Å²) in [5.74, 6) is 0.116. The van der Waals surface area contributed by atoms with Crippen molar-refractivity contribution in [3.63, 3.8) is 0 Å². The average Bonchev–Trinajstić information content (AvgIpc) is 3.21. The summed E-state index contributed by atoms with van der Waals surface area (Å²) in [5, 5.41) is 1.03. The Morgan fingerprint density at radius 2 is 1.87 bits per heavy atom. The minimum atomic E-state index is 0.116. The van der Waals surface area contributed by atoms with Crippen molar-refractivity contribution in [3.8, 4) is 5.69 Å². The van der Waals surface area contributed by atoms with E-state index < -0.39 is 0 Å². The smallest absolute Gasteiger partial charge is 0.266 e. The molecule has 1 saturated heterocycles. The average molecular weight is 326 g/mol. The highest BCUT2D eigenvalue weighted by atomic mass is 32.1. The van der Waals surface area contributed by atoms with E-state index in [1.165, 1.54) is 11.3 Å². The minimum absolute atomic E-state index is 0.116. The number of amides is 1. The lowest BCUT2D eigenvalue weighted by molar-refractivity contribution is 0.0669. The number of pyridine rings is 1. The van der Waals surface area contributed by atoms with Crippen molar-refractivity contribution < 1.29 is 4.79 Å². The zero-order valence-corrected chi connectivity index (χ0v) is 13.8. The predicted octanol–water partition coefficient (Wildman–Crippen LogP) is 2.47. The molecule has 0 N–H and O–H groups in total. The third kappa shape index (κ3) is 2.54. The molecule has 0 unspecified atom stereocenters. The van der Waals surface area contributed by atoms with Crippen LogP contribution < -0.4 is 0 Å². The molecule has 23 heavy (non-hydrogen) atoms. The highest BCUT2D eigenvalue weighted by molar-refractivity contribution is 7.21. The molecule has 0 radical (unpaired) electrons. The summed E-state index contributed by atoms with van der Waals surface area (Å²) in [5.41, 5.74) is 0.951. The third-order valence-corrected chi connectivity index (χ3v) is 5.38. The maximum Gasteiger partial charge on any atom is 0.266 e. The SMILES string of the molecule is CN1CCN(C(=O)c2sc3ncccc3c2-n2cccc2)CC1. The van der Waals surface area contributed by atoms with Gasteiger partial charge in [0.2, 0.25) is 0 Å². The second-order valence-electron chi connectivity index (χ2n) is 5.82. The van der Waals surface area contributed by atoms with Gasteiger partial charge in [-0.15, -0.1) is 11.3 Å². The molecule has 0 bridgehead atoms. The number of piperazine rings is 1. The van der Waals surface area contributed by atoms with E-state index in [9.17, 15) is 4.79 Å². The van der Waals surface area contributed by atoms with Crippen LogP contribution in [0, 0.1) is 0 Å². The summed E-state index contributed by atoms with van der Waals surface area (Å²) in [7, 11) is 2.09. The number of carbonyl (C=O) groups excluding carboxylic acids is 1. The largest absolute Gasteiger partial charge is 0.335 e. The maximum atomic E-state index is 13.1. The number of fused-ring (bicyclic) bond motifs is 1. The standard InChI is InChI=1S/C17H18N4OS/c1-19-9-11-21(12-10-19)17(22)15-14(20-7-2-3-8-20)13-5-4-6-18-16(13)23-15/h2-8H,9-12H2,1H3. The van der Waals surface area contributed by atoms with Crippen molar-refractivity contribution >= 4 is 27.5 Å². The number of likely N-dealkylation sites (N-methyl/N-ethyl adjacent to an activating group) is 1. The Balaban J connectivity index is 1.80. The van der Waals surface area contributed by atoms with Gasteiger partial charge < -0.3 is 14.4 Å². The molecule has 0 saturated carbocycles. The Hall–Kier alpha value is -2.18. The zero-order valence-electron chi connectivity index (χ0n) is 13.0. The molecule has 5 nitrogen and oxygen atoms in total. The number of hydrogen-bond donors (Lipinski definition) is 0. The molecule has 0 aliphatic carbocycles. The van der Waals surface area contributed by atoms with Crippen molar-refractivity contribution in [3.05, 3.63) is 47.7 Å². The van der Waals surface area contributed by atoms with Crippen LogP contribution in [0.2, 0.25) is 0 Å². The van der Waals surface area contributed by atoms with Crippen LogP contribution in [-0.4, -0.2) is 58.5 Å². The minimum Gasteiger partial charge on any atom is -0.335 e. The van der Waals surface area contributed by atoms with E-state index in [0.717, 1.165) is 47.0 Å². The molecule has 1 amide bonds. The molecule has 6 heteroatoms. The van der Waals surface area contributed by atoms with Gasteiger partial charge in [-0.3, -0.25) is 4.79 Å². The topological polar surface area (TPSA) is 41.4 Å². The fourth-order valence-electron chi connectivity index (χ4n) is 2.96. The quantitative estimate of drug-likeness (QED) is 0.726. The molecule has 4 rings (SSSR count). The Morgan fingerprint density at radius 3 is 2.61 bits per heavy atom. The first kappa shape index (κ1) is 14.4. The van der Waals surface area contributed by atoms with Gasteiger partial charge in [0, 0.05) is 50.2 Å². The molecule has 1 aliphatic rings. The summed E-state index contributed by atoms with van der Waals surface area (Å²) in [6, 6.07) is 7.91. The molecular weight excluding hydrogens is 308 g/mol. The van der Waals surface area contributed by atoms with Gasteiger partial charge in [-0.05, 0) is 31.3 Å². The lowest BCUT2D eigenvalue weighted by atomic mass is 10.2. The van der Waals surface area contributed by atoms with Crippen LogP contribution >= 0.6 is 11.3 Å². The van der Waals surface area contributed by atoms with Crippen molar-refractivity contribution in [2.45, 2.75) is 0 Å². The first-order chi connectivity index (χ1) is 11.2. The highest BCUT2D eigenvalue weighted by Gasteiger charge is 2.26. The molecule has 3 aromatic heterocycles. The van der Waals surface area contributed by atoms with Crippen LogP contribution in [0.15, 0.2) is 42.9 Å². The lowest BCUT2D eigenvalue weighted by Gasteiger charge is -2.32. The first-order valence-corrected chi connectivity index (χ1v) is 8.54. The van der Waals surface area contributed by atoms with E-state index in [4.69, 9.17) is 0 Å². The van der Waals surface area contributed by atoms with Crippen LogP contribution in [0.1, 0.15) is 9.67 Å². The van der Waals surface area contributed by atoms with Gasteiger partial charge in [-0.25, -0.2) is 4.98 Å². The van der Waals surface area contributed by atoms with E-state index in [1.54, 1.807) is 6.20 Å². The summed E-state index contributed by atoms with van der Waals surface area (Å²) in [6.07, 6.45) is 5.74. The van der Waals surface area contributed by atoms with E-state index in [2.05, 4.69) is 16.9 Å². The van der Waals surface area contributed by atoms with Gasteiger partial charge in [0.25, 0.3) is 5.91 Å². The summed E-state index contributed by atoms with van der Waals surface area (Å²) < 4.78 is 2.02. The number of thiophene rings is 1. The van der Waals surface area contributed by atoms with Crippen LogP contribution in [0.3, 0.4) is 0 Å². The van der Waals surface area contributed by atoms with Crippen molar-refractivity contribution in [1.82, 2.24) is 19.4 Å². The summed E-state index contributed by atoms with van der Waals surface area (Å²) >= 11 is 1.49. The number of aromatic nitrogens is 2. The van der Waals surface area contributed by atoms with Gasteiger partial charge in [0.05, 0.1) is 5.69 Å². The fraction of sp³-hybridized carbons (Fsp3) is 0.294. The van der Waals surface area contributed by atoms with Crippen LogP contribution in [0.25, 0.3) is 15.9 Å². The normalized spacial score (nSPS) is 16.1. The Labute approximate surface area is 138 Å². The zero-order chi connectivity index (χ0) is 15.8. The number of hydrogen-bond acceptors (Lipinski definition) is 4. The van der Waals surface area contributed by atoms with E-state index >= 15 is 0 Å². The van der Waals surface area contributed by atoms with Gasteiger partial charge in [0.1, 0.15) is 9.71 Å². The molecule has 0 aromatic carbocycles. The van der Waals surface area contributed by atoms with Crippen molar-refractivity contribution in [2.24, 2.45) is 0 Å². The fourth-order valence-corrected chi connectivity index (χ4v) is 4.07. The summed E-state index contributed by atoms with van der Waals surface area (Å²) in [6.45, 7) is 3.41. The molecule has 1 fully saturated rings. The second kappa shape index (κ2) is 5.79. The highest BCUT2D eigenvalue weighted by Crippen LogP contribution is 2.34.